The number of aromatic nitrogens is 2. The van der Waals surface area contributed by atoms with Gasteiger partial charge < -0.3 is 5.11 Å². The topological polar surface area (TPSA) is 56.9 Å². The second-order valence-electron chi connectivity index (χ2n) is 3.71. The van der Waals surface area contributed by atoms with Gasteiger partial charge in [0.1, 0.15) is 0 Å². The van der Waals surface area contributed by atoms with Crippen molar-refractivity contribution in [3.8, 4) is 0 Å². The Morgan fingerprint density at radius 1 is 1.12 bits per heavy atom. The first kappa shape index (κ1) is 9.72. The van der Waals surface area contributed by atoms with Crippen LogP contribution < -0.4 is 9.67 Å². The minimum absolute atomic E-state index is 0.161. The van der Waals surface area contributed by atoms with Crippen LogP contribution in [0.25, 0.3) is 11.5 Å². The molecule has 0 fully saturated rings. The predicted octanol–water partition coefficient (Wildman–Crippen LogP) is 0.252. The SMILES string of the molecule is O=C1C([n+]2ccccc2)=C([O-])c2cnccc21. The third-order valence-corrected chi connectivity index (χ3v) is 2.71. The highest BCUT2D eigenvalue weighted by atomic mass is 16.3. The van der Waals surface area contributed by atoms with E-state index in [9.17, 15) is 9.90 Å². The Labute approximate surface area is 97.5 Å². The van der Waals surface area contributed by atoms with E-state index in [0.29, 0.717) is 11.1 Å². The van der Waals surface area contributed by atoms with Crippen molar-refractivity contribution < 1.29 is 14.5 Å². The van der Waals surface area contributed by atoms with E-state index in [1.165, 1.54) is 12.4 Å². The summed E-state index contributed by atoms with van der Waals surface area (Å²) in [6.07, 6.45) is 6.32. The Hall–Kier alpha value is -2.49. The summed E-state index contributed by atoms with van der Waals surface area (Å²) in [4.78, 5) is 16.0. The summed E-state index contributed by atoms with van der Waals surface area (Å²) in [6.45, 7) is 0. The largest absolute Gasteiger partial charge is 0.867 e. The minimum atomic E-state index is -0.269. The molecule has 1 aliphatic carbocycles. The second-order valence-corrected chi connectivity index (χ2v) is 3.71. The lowest BCUT2D eigenvalue weighted by Crippen LogP contribution is -2.35. The first-order chi connectivity index (χ1) is 8.29. The Morgan fingerprint density at radius 3 is 2.59 bits per heavy atom. The highest BCUT2D eigenvalue weighted by molar-refractivity contribution is 6.32. The first-order valence-electron chi connectivity index (χ1n) is 5.16. The summed E-state index contributed by atoms with van der Waals surface area (Å²) in [5, 5.41) is 12.1. The summed E-state index contributed by atoms with van der Waals surface area (Å²) in [6, 6.07) is 6.95. The molecule has 3 rings (SSSR count). The van der Waals surface area contributed by atoms with Gasteiger partial charge >= 0.3 is 0 Å². The number of rotatable bonds is 1. The van der Waals surface area contributed by atoms with Crippen LogP contribution in [0.3, 0.4) is 0 Å². The van der Waals surface area contributed by atoms with Gasteiger partial charge in [0, 0.05) is 35.7 Å². The Bertz CT molecular complexity index is 633. The lowest BCUT2D eigenvalue weighted by atomic mass is 10.1. The molecule has 0 amide bonds. The van der Waals surface area contributed by atoms with E-state index in [2.05, 4.69) is 4.98 Å². The normalized spacial score (nSPS) is 14.0. The lowest BCUT2D eigenvalue weighted by Gasteiger charge is -2.05. The van der Waals surface area contributed by atoms with Gasteiger partial charge in [-0.2, -0.15) is 4.57 Å². The molecule has 82 valence electrons. The Kier molecular flexibility index (Phi) is 2.01. The van der Waals surface area contributed by atoms with Gasteiger partial charge in [-0.3, -0.25) is 9.78 Å². The maximum absolute atomic E-state index is 12.1. The maximum atomic E-state index is 12.1. The number of nitrogens with zero attached hydrogens (tertiary/aromatic N) is 2. The maximum Gasteiger partial charge on any atom is 0.257 e. The third-order valence-electron chi connectivity index (χ3n) is 2.71. The highest BCUT2D eigenvalue weighted by Gasteiger charge is 2.31. The molecule has 4 heteroatoms. The first-order valence-corrected chi connectivity index (χ1v) is 5.16. The summed E-state index contributed by atoms with van der Waals surface area (Å²) < 4.78 is 1.55. The molecule has 1 aliphatic rings. The number of Topliss-reactive ketones (excluding diaryl/α,β-unsaturated/α-hetero) is 1. The quantitative estimate of drug-likeness (QED) is 0.652. The van der Waals surface area contributed by atoms with Crippen LogP contribution in [0.5, 0.6) is 0 Å². The fourth-order valence-electron chi connectivity index (χ4n) is 1.91. The van der Waals surface area contributed by atoms with Gasteiger partial charge in [0.05, 0.1) is 0 Å². The van der Waals surface area contributed by atoms with Crippen molar-refractivity contribution in [1.29, 1.82) is 0 Å². The zero-order valence-corrected chi connectivity index (χ0v) is 8.83. The molecule has 0 unspecified atom stereocenters. The number of hydrogen-bond acceptors (Lipinski definition) is 3. The minimum Gasteiger partial charge on any atom is -0.867 e. The molecule has 2 heterocycles. The predicted molar refractivity (Wildman–Crippen MR) is 58.3 cm³/mol. The fraction of sp³-hybridized carbons (Fsp3) is 0. The van der Waals surface area contributed by atoms with Crippen LogP contribution >= 0.6 is 0 Å². The number of fused-ring (bicyclic) bond motifs is 1. The molecule has 0 N–H and O–H groups in total. The van der Waals surface area contributed by atoms with Crippen LogP contribution in [0.15, 0.2) is 49.1 Å². The molecule has 17 heavy (non-hydrogen) atoms. The number of ketones is 1. The molecular weight excluding hydrogens is 216 g/mol. The standard InChI is InChI=1S/C13H8N2O2/c16-12-9-4-5-14-8-10(9)13(17)11(12)15-6-2-1-3-7-15/h1-8H. The van der Waals surface area contributed by atoms with Gasteiger partial charge in [0.2, 0.25) is 0 Å². The van der Waals surface area contributed by atoms with Crippen LogP contribution in [-0.4, -0.2) is 10.8 Å². The van der Waals surface area contributed by atoms with Gasteiger partial charge in [0.25, 0.3) is 11.5 Å². The number of pyridine rings is 2. The van der Waals surface area contributed by atoms with Crippen LogP contribution in [0.2, 0.25) is 0 Å². The molecule has 2 aromatic rings. The van der Waals surface area contributed by atoms with Gasteiger partial charge in [-0.05, 0) is 11.8 Å². The van der Waals surface area contributed by atoms with E-state index >= 15 is 0 Å². The van der Waals surface area contributed by atoms with Gasteiger partial charge in [-0.25, -0.2) is 0 Å². The average molecular weight is 224 g/mol. The molecule has 2 aromatic heterocycles. The van der Waals surface area contributed by atoms with Crippen molar-refractivity contribution in [3.63, 3.8) is 0 Å². The molecule has 0 bridgehead atoms. The van der Waals surface area contributed by atoms with E-state index in [1.807, 2.05) is 6.07 Å². The second kappa shape index (κ2) is 3.52. The van der Waals surface area contributed by atoms with Gasteiger partial charge in [-0.1, -0.05) is 6.07 Å². The monoisotopic (exact) mass is 224 g/mol. The lowest BCUT2D eigenvalue weighted by molar-refractivity contribution is -0.578. The zero-order valence-electron chi connectivity index (χ0n) is 8.83. The van der Waals surface area contributed by atoms with E-state index in [4.69, 9.17) is 0 Å². The van der Waals surface area contributed by atoms with E-state index in [-0.39, 0.29) is 17.2 Å². The molecule has 0 saturated carbocycles. The van der Waals surface area contributed by atoms with E-state index in [0.717, 1.165) is 0 Å². The molecule has 0 aliphatic heterocycles. The third kappa shape index (κ3) is 1.34. The van der Waals surface area contributed by atoms with Crippen molar-refractivity contribution in [2.75, 3.05) is 0 Å². The molecular formula is C13H8N2O2. The summed E-state index contributed by atoms with van der Waals surface area (Å²) in [5.41, 5.74) is 0.966. The number of carbonyl (C=O) groups excluding carboxylic acids is 1. The van der Waals surface area contributed by atoms with E-state index in [1.54, 1.807) is 35.2 Å². The average Bonchev–Trinajstić information content (AvgIpc) is 2.64. The summed E-state index contributed by atoms with van der Waals surface area (Å²) in [7, 11) is 0. The zero-order chi connectivity index (χ0) is 11.8. The van der Waals surface area contributed by atoms with Crippen molar-refractivity contribution in [3.05, 3.63) is 60.2 Å². The summed E-state index contributed by atoms with van der Waals surface area (Å²) >= 11 is 0. The van der Waals surface area contributed by atoms with Crippen LogP contribution in [0, 0.1) is 0 Å². The number of hydrogen-bond donors (Lipinski definition) is 0. The number of carbonyl (C=O) groups is 1. The molecule has 0 saturated heterocycles. The smallest absolute Gasteiger partial charge is 0.257 e. The molecule has 0 spiro atoms. The van der Waals surface area contributed by atoms with Gasteiger partial charge in [-0.15, -0.1) is 0 Å². The van der Waals surface area contributed by atoms with Crippen molar-refractivity contribution in [2.45, 2.75) is 0 Å². The van der Waals surface area contributed by atoms with Crippen LogP contribution in [0.4, 0.5) is 0 Å². The Morgan fingerprint density at radius 2 is 1.88 bits per heavy atom. The molecule has 0 aromatic carbocycles. The van der Waals surface area contributed by atoms with Crippen LogP contribution in [0.1, 0.15) is 15.9 Å². The van der Waals surface area contributed by atoms with Crippen LogP contribution in [-0.2, 0) is 0 Å². The van der Waals surface area contributed by atoms with Gasteiger partial charge in [0.15, 0.2) is 12.4 Å². The number of allylic oxidation sites excluding steroid dienone is 1. The van der Waals surface area contributed by atoms with Crippen molar-refractivity contribution in [1.82, 2.24) is 4.98 Å². The molecule has 0 radical (unpaired) electrons. The Balaban J connectivity index is 2.22. The van der Waals surface area contributed by atoms with E-state index < -0.39 is 0 Å². The van der Waals surface area contributed by atoms with Crippen molar-refractivity contribution >= 4 is 17.2 Å². The fourth-order valence-corrected chi connectivity index (χ4v) is 1.91. The molecule has 0 atom stereocenters. The van der Waals surface area contributed by atoms with Crippen molar-refractivity contribution in [2.24, 2.45) is 0 Å². The molecule has 4 nitrogen and oxygen atoms in total. The summed E-state index contributed by atoms with van der Waals surface area (Å²) in [5.74, 6) is -0.516. The highest BCUT2D eigenvalue weighted by Crippen LogP contribution is 2.27.